The van der Waals surface area contributed by atoms with Crippen LogP contribution in [0.3, 0.4) is 0 Å². The van der Waals surface area contributed by atoms with E-state index in [-0.39, 0.29) is 35.4 Å². The zero-order valence-electron chi connectivity index (χ0n) is 27.2. The highest BCUT2D eigenvalue weighted by Crippen LogP contribution is 2.33. The molecule has 4 aromatic carbocycles. The van der Waals surface area contributed by atoms with Crippen molar-refractivity contribution in [3.05, 3.63) is 124 Å². The molecule has 1 atom stereocenters. The maximum Gasteiger partial charge on any atom is 0.264 e. The Morgan fingerprint density at radius 3 is 2.13 bits per heavy atom. The van der Waals surface area contributed by atoms with Crippen molar-refractivity contribution in [3.63, 3.8) is 0 Å². The Balaban J connectivity index is 1.83. The number of halogens is 1. The van der Waals surface area contributed by atoms with Crippen LogP contribution in [0.2, 0.25) is 0 Å². The first-order valence-corrected chi connectivity index (χ1v) is 17.9. The fourth-order valence-corrected chi connectivity index (χ4v) is 6.74. The van der Waals surface area contributed by atoms with Gasteiger partial charge in [-0.15, -0.1) is 0 Å². The minimum atomic E-state index is -4.25. The summed E-state index contributed by atoms with van der Waals surface area (Å²) in [6.07, 6.45) is 0.243. The first-order valence-electron chi connectivity index (χ1n) is 15.7. The van der Waals surface area contributed by atoms with Crippen molar-refractivity contribution in [2.24, 2.45) is 5.92 Å². The molecule has 4 rings (SSSR count). The van der Waals surface area contributed by atoms with Gasteiger partial charge in [-0.2, -0.15) is 0 Å². The molecule has 10 heteroatoms. The van der Waals surface area contributed by atoms with E-state index in [2.05, 4.69) is 21.2 Å². The number of para-hydroxylation sites is 2. The number of amides is 2. The van der Waals surface area contributed by atoms with Crippen LogP contribution in [0.1, 0.15) is 37.5 Å². The second-order valence-corrected chi connectivity index (χ2v) is 14.5. The predicted octanol–water partition coefficient (Wildman–Crippen LogP) is 6.76. The molecular formula is C37H42BrN3O5S. The lowest BCUT2D eigenvalue weighted by molar-refractivity contribution is -0.140. The molecular weight excluding hydrogens is 678 g/mol. The molecule has 2 amide bonds. The van der Waals surface area contributed by atoms with E-state index in [9.17, 15) is 18.0 Å². The van der Waals surface area contributed by atoms with E-state index in [1.165, 1.54) is 17.0 Å². The summed E-state index contributed by atoms with van der Waals surface area (Å²) >= 11 is 3.47. The number of sulfonamides is 1. The van der Waals surface area contributed by atoms with Crippen LogP contribution in [-0.2, 0) is 32.6 Å². The van der Waals surface area contributed by atoms with E-state index in [0.29, 0.717) is 18.9 Å². The number of hydrogen-bond acceptors (Lipinski definition) is 5. The third kappa shape index (κ3) is 9.68. The second kappa shape index (κ2) is 16.6. The van der Waals surface area contributed by atoms with Crippen LogP contribution in [0.25, 0.3) is 0 Å². The summed E-state index contributed by atoms with van der Waals surface area (Å²) in [6, 6.07) is 29.3. The Labute approximate surface area is 286 Å². The SMILES string of the molecule is CCOc1ccccc1N(CC(=O)N(Cc1ccc(Br)cc1)[C@H](Cc1ccccc1)C(=O)NCC(C)C)S(=O)(=O)c1ccc(C)cc1. The molecule has 0 bridgehead atoms. The number of nitrogens with zero attached hydrogens (tertiary/aromatic N) is 2. The number of ether oxygens (including phenoxy) is 1. The van der Waals surface area contributed by atoms with Crippen LogP contribution in [0.5, 0.6) is 5.75 Å². The fourth-order valence-electron chi connectivity index (χ4n) is 5.05. The van der Waals surface area contributed by atoms with Crippen molar-refractivity contribution >= 4 is 43.5 Å². The highest BCUT2D eigenvalue weighted by Gasteiger charge is 2.35. The number of nitrogens with one attached hydrogen (secondary N) is 1. The Kier molecular flexibility index (Phi) is 12.6. The van der Waals surface area contributed by atoms with E-state index in [0.717, 1.165) is 25.5 Å². The molecule has 0 radical (unpaired) electrons. The highest BCUT2D eigenvalue weighted by molar-refractivity contribution is 9.10. The minimum absolute atomic E-state index is 0.0390. The largest absolute Gasteiger partial charge is 0.492 e. The Morgan fingerprint density at radius 1 is 0.851 bits per heavy atom. The van der Waals surface area contributed by atoms with Gasteiger partial charge in [0, 0.05) is 24.0 Å². The Morgan fingerprint density at radius 2 is 1.49 bits per heavy atom. The molecule has 0 saturated heterocycles. The Hall–Kier alpha value is -4.15. The summed E-state index contributed by atoms with van der Waals surface area (Å²) in [5, 5.41) is 3.01. The van der Waals surface area contributed by atoms with Crippen molar-refractivity contribution in [1.82, 2.24) is 10.2 Å². The summed E-state index contributed by atoms with van der Waals surface area (Å²) in [5.41, 5.74) is 2.80. The molecule has 248 valence electrons. The predicted molar refractivity (Wildman–Crippen MR) is 190 cm³/mol. The van der Waals surface area contributed by atoms with E-state index in [1.54, 1.807) is 36.4 Å². The molecule has 0 fully saturated rings. The summed E-state index contributed by atoms with van der Waals surface area (Å²) in [6.45, 7) is 7.95. The van der Waals surface area contributed by atoms with Gasteiger partial charge >= 0.3 is 0 Å². The van der Waals surface area contributed by atoms with Crippen molar-refractivity contribution < 1.29 is 22.7 Å². The molecule has 0 aliphatic carbocycles. The number of hydrogen-bond donors (Lipinski definition) is 1. The van der Waals surface area contributed by atoms with Gasteiger partial charge in [0.05, 0.1) is 17.2 Å². The zero-order chi connectivity index (χ0) is 34.0. The van der Waals surface area contributed by atoms with Crippen LogP contribution in [0.15, 0.2) is 112 Å². The molecule has 0 unspecified atom stereocenters. The molecule has 0 aliphatic rings. The molecule has 4 aromatic rings. The monoisotopic (exact) mass is 719 g/mol. The summed E-state index contributed by atoms with van der Waals surface area (Å²) in [4.78, 5) is 30.1. The normalized spacial score (nSPS) is 12.0. The quantitative estimate of drug-likeness (QED) is 0.147. The summed E-state index contributed by atoms with van der Waals surface area (Å²) < 4.78 is 36.5. The van der Waals surface area contributed by atoms with Gasteiger partial charge in [0.15, 0.2) is 0 Å². The number of rotatable bonds is 15. The maximum absolute atomic E-state index is 14.7. The second-order valence-electron chi connectivity index (χ2n) is 11.7. The van der Waals surface area contributed by atoms with Crippen molar-refractivity contribution in [2.45, 2.75) is 51.6 Å². The topological polar surface area (TPSA) is 96.0 Å². The number of benzene rings is 4. The molecule has 0 heterocycles. The van der Waals surface area contributed by atoms with Crippen molar-refractivity contribution in [3.8, 4) is 5.75 Å². The van der Waals surface area contributed by atoms with Gasteiger partial charge in [-0.05, 0) is 67.3 Å². The van der Waals surface area contributed by atoms with Gasteiger partial charge < -0.3 is 15.0 Å². The van der Waals surface area contributed by atoms with Gasteiger partial charge in [0.1, 0.15) is 18.3 Å². The smallest absolute Gasteiger partial charge is 0.264 e. The third-order valence-electron chi connectivity index (χ3n) is 7.54. The number of carbonyl (C=O) groups is 2. The van der Waals surface area contributed by atoms with E-state index >= 15 is 0 Å². The zero-order valence-corrected chi connectivity index (χ0v) is 29.6. The van der Waals surface area contributed by atoms with Crippen LogP contribution in [-0.4, -0.2) is 50.9 Å². The first-order chi connectivity index (χ1) is 22.5. The summed E-state index contributed by atoms with van der Waals surface area (Å²) in [7, 11) is -4.25. The van der Waals surface area contributed by atoms with Gasteiger partial charge in [-0.3, -0.25) is 13.9 Å². The van der Waals surface area contributed by atoms with Gasteiger partial charge in [0.25, 0.3) is 10.0 Å². The summed E-state index contributed by atoms with van der Waals surface area (Å²) in [5.74, 6) is -0.322. The lowest BCUT2D eigenvalue weighted by Crippen LogP contribution is -2.53. The molecule has 8 nitrogen and oxygen atoms in total. The molecule has 0 spiro atoms. The lowest BCUT2D eigenvalue weighted by Gasteiger charge is -2.34. The lowest BCUT2D eigenvalue weighted by atomic mass is 10.0. The number of anilines is 1. The van der Waals surface area contributed by atoms with Gasteiger partial charge in [-0.1, -0.05) is 102 Å². The minimum Gasteiger partial charge on any atom is -0.492 e. The molecule has 0 aliphatic heterocycles. The molecule has 47 heavy (non-hydrogen) atoms. The average molecular weight is 721 g/mol. The maximum atomic E-state index is 14.7. The number of carbonyl (C=O) groups excluding carboxylic acids is 2. The van der Waals surface area contributed by atoms with Crippen LogP contribution < -0.4 is 14.4 Å². The molecule has 1 N–H and O–H groups in total. The van der Waals surface area contributed by atoms with Crippen molar-refractivity contribution in [1.29, 1.82) is 0 Å². The van der Waals surface area contributed by atoms with E-state index < -0.39 is 28.5 Å². The standard InChI is InChI=1S/C37H42BrN3O5S/c1-5-46-35-14-10-9-13-33(35)41(47(44,45)32-21-15-28(4)16-22-32)26-36(42)40(25-30-17-19-31(38)20-18-30)34(37(43)39-24-27(2)3)23-29-11-7-6-8-12-29/h6-22,27,34H,5,23-26H2,1-4H3,(H,39,43)/t34-/m1/s1. The fraction of sp³-hybridized carbons (Fsp3) is 0.297. The Bertz CT molecular complexity index is 1730. The first kappa shape index (κ1) is 35.7. The van der Waals surface area contributed by atoms with E-state index in [4.69, 9.17) is 4.74 Å². The third-order valence-corrected chi connectivity index (χ3v) is 9.85. The average Bonchev–Trinajstić information content (AvgIpc) is 3.06. The van der Waals surface area contributed by atoms with Gasteiger partial charge in [0.2, 0.25) is 11.8 Å². The van der Waals surface area contributed by atoms with Crippen LogP contribution in [0.4, 0.5) is 5.69 Å². The van der Waals surface area contributed by atoms with Gasteiger partial charge in [-0.25, -0.2) is 8.42 Å². The molecule has 0 saturated carbocycles. The van der Waals surface area contributed by atoms with Crippen LogP contribution >= 0.6 is 15.9 Å². The van der Waals surface area contributed by atoms with Crippen LogP contribution in [0, 0.1) is 12.8 Å². The van der Waals surface area contributed by atoms with E-state index in [1.807, 2.05) is 82.3 Å². The molecule has 0 aromatic heterocycles. The van der Waals surface area contributed by atoms with Crippen molar-refractivity contribution in [2.75, 3.05) is 24.0 Å². The number of aryl methyl sites for hydroxylation is 1. The highest BCUT2D eigenvalue weighted by atomic mass is 79.9.